The molecule has 1 fully saturated rings. The number of aromatic amines is 1. The lowest BCUT2D eigenvalue weighted by Crippen LogP contribution is -2.36. The van der Waals surface area contributed by atoms with Crippen LogP contribution in [0.2, 0.25) is 0 Å². The predicted molar refractivity (Wildman–Crippen MR) is 75.8 cm³/mol. The summed E-state index contributed by atoms with van der Waals surface area (Å²) in [7, 11) is 0. The summed E-state index contributed by atoms with van der Waals surface area (Å²) in [6.45, 7) is 0. The van der Waals surface area contributed by atoms with Crippen LogP contribution in [0.1, 0.15) is 30.9 Å². The summed E-state index contributed by atoms with van der Waals surface area (Å²) in [5.41, 5.74) is 8.34. The van der Waals surface area contributed by atoms with Gasteiger partial charge in [0.15, 0.2) is 0 Å². The second-order valence-electron chi connectivity index (χ2n) is 4.99. The van der Waals surface area contributed by atoms with Crippen LogP contribution in [0.25, 0.3) is 10.9 Å². The molecule has 18 heavy (non-hydrogen) atoms. The van der Waals surface area contributed by atoms with Crippen molar-refractivity contribution in [1.82, 2.24) is 4.98 Å². The van der Waals surface area contributed by atoms with E-state index in [9.17, 15) is 5.11 Å². The molecule has 2 atom stereocenters. The van der Waals surface area contributed by atoms with E-state index in [4.69, 9.17) is 5.73 Å². The number of fused-ring (bicyclic) bond motifs is 1. The van der Waals surface area contributed by atoms with Crippen LogP contribution in [0.3, 0.4) is 0 Å². The second-order valence-corrected chi connectivity index (χ2v) is 4.99. The molecular weight excluding hydrogens is 248 g/mol. The van der Waals surface area contributed by atoms with E-state index in [0.717, 1.165) is 29.3 Å². The van der Waals surface area contributed by atoms with E-state index in [-0.39, 0.29) is 18.4 Å². The quantitative estimate of drug-likeness (QED) is 0.800. The maximum atomic E-state index is 10.3. The van der Waals surface area contributed by atoms with Crippen molar-refractivity contribution in [3.05, 3.63) is 36.0 Å². The number of aliphatic hydroxyl groups is 1. The minimum Gasteiger partial charge on any atom is -0.391 e. The van der Waals surface area contributed by atoms with E-state index in [0.29, 0.717) is 5.92 Å². The number of halogens is 1. The molecule has 1 aliphatic carbocycles. The molecule has 1 aliphatic rings. The van der Waals surface area contributed by atoms with Gasteiger partial charge in [0.1, 0.15) is 0 Å². The van der Waals surface area contributed by atoms with E-state index < -0.39 is 6.10 Å². The highest BCUT2D eigenvalue weighted by Gasteiger charge is 2.31. The summed E-state index contributed by atoms with van der Waals surface area (Å²) < 4.78 is 0. The fourth-order valence-corrected chi connectivity index (χ4v) is 2.66. The van der Waals surface area contributed by atoms with Gasteiger partial charge in [0.05, 0.1) is 12.1 Å². The van der Waals surface area contributed by atoms with Crippen molar-refractivity contribution in [2.45, 2.75) is 31.4 Å². The van der Waals surface area contributed by atoms with Gasteiger partial charge in [-0.05, 0) is 36.5 Å². The lowest BCUT2D eigenvalue weighted by Gasteiger charge is -2.34. The number of nitrogens with two attached hydrogens (primary N) is 1. The van der Waals surface area contributed by atoms with Crippen molar-refractivity contribution in [3.63, 3.8) is 0 Å². The molecule has 0 radical (unpaired) electrons. The van der Waals surface area contributed by atoms with Gasteiger partial charge in [-0.1, -0.05) is 18.6 Å². The first-order valence-corrected chi connectivity index (χ1v) is 6.27. The Morgan fingerprint density at radius 1 is 1.28 bits per heavy atom. The fourth-order valence-electron chi connectivity index (χ4n) is 2.66. The van der Waals surface area contributed by atoms with Gasteiger partial charge in [0.25, 0.3) is 0 Å². The molecule has 0 amide bonds. The zero-order chi connectivity index (χ0) is 11.8. The summed E-state index contributed by atoms with van der Waals surface area (Å²) >= 11 is 0. The highest BCUT2D eigenvalue weighted by Crippen LogP contribution is 2.35. The number of hydrogen-bond acceptors (Lipinski definition) is 2. The van der Waals surface area contributed by atoms with Crippen molar-refractivity contribution >= 4 is 23.3 Å². The molecule has 0 spiro atoms. The molecular formula is C14H19ClN2O. The van der Waals surface area contributed by atoms with Crippen LogP contribution >= 0.6 is 12.4 Å². The zero-order valence-electron chi connectivity index (χ0n) is 10.2. The van der Waals surface area contributed by atoms with Crippen LogP contribution in [-0.4, -0.2) is 16.2 Å². The van der Waals surface area contributed by atoms with E-state index in [2.05, 4.69) is 4.98 Å². The molecule has 1 aromatic carbocycles. The van der Waals surface area contributed by atoms with Crippen molar-refractivity contribution in [2.75, 3.05) is 0 Å². The molecule has 1 saturated carbocycles. The van der Waals surface area contributed by atoms with Crippen LogP contribution in [0, 0.1) is 5.92 Å². The third kappa shape index (κ3) is 2.14. The first-order chi connectivity index (χ1) is 8.27. The van der Waals surface area contributed by atoms with E-state index in [1.165, 1.54) is 6.42 Å². The maximum absolute atomic E-state index is 10.3. The smallest absolute Gasteiger partial charge is 0.0761 e. The van der Waals surface area contributed by atoms with Crippen molar-refractivity contribution in [2.24, 2.45) is 11.7 Å². The Morgan fingerprint density at radius 2 is 2.06 bits per heavy atom. The molecule has 1 aromatic heterocycles. The molecule has 3 rings (SSSR count). The summed E-state index contributed by atoms with van der Waals surface area (Å²) in [6.07, 6.45) is 4.94. The SMILES string of the molecule is Cl.N[C@H](c1cccc2[nH]ccc12)[C@@H](O)C1CCC1. The predicted octanol–water partition coefficient (Wildman–Crippen LogP) is 2.75. The Hall–Kier alpha value is -1.03. The first kappa shape index (κ1) is 13.4. The van der Waals surface area contributed by atoms with Crippen molar-refractivity contribution < 1.29 is 5.11 Å². The Balaban J connectivity index is 0.00000120. The second kappa shape index (κ2) is 5.31. The van der Waals surface area contributed by atoms with Gasteiger partial charge in [-0.3, -0.25) is 0 Å². The van der Waals surface area contributed by atoms with Gasteiger partial charge in [0.2, 0.25) is 0 Å². The van der Waals surface area contributed by atoms with Crippen molar-refractivity contribution in [1.29, 1.82) is 0 Å². The molecule has 0 bridgehead atoms. The number of aromatic nitrogens is 1. The molecule has 3 nitrogen and oxygen atoms in total. The molecule has 0 unspecified atom stereocenters. The molecule has 4 heteroatoms. The van der Waals surface area contributed by atoms with E-state index in [1.54, 1.807) is 0 Å². The highest BCUT2D eigenvalue weighted by molar-refractivity contribution is 5.85. The average Bonchev–Trinajstić information content (AvgIpc) is 2.73. The van der Waals surface area contributed by atoms with Crippen LogP contribution in [0.5, 0.6) is 0 Å². The maximum Gasteiger partial charge on any atom is 0.0761 e. The van der Waals surface area contributed by atoms with Gasteiger partial charge in [-0.15, -0.1) is 12.4 Å². The Labute approximate surface area is 113 Å². The van der Waals surface area contributed by atoms with E-state index >= 15 is 0 Å². The van der Waals surface area contributed by atoms with Crippen LogP contribution in [0.4, 0.5) is 0 Å². The average molecular weight is 267 g/mol. The summed E-state index contributed by atoms with van der Waals surface area (Å²) in [5.74, 6) is 0.388. The Bertz CT molecular complexity index is 521. The van der Waals surface area contributed by atoms with Crippen LogP contribution in [-0.2, 0) is 0 Å². The Morgan fingerprint density at radius 3 is 2.72 bits per heavy atom. The van der Waals surface area contributed by atoms with E-state index in [1.807, 2.05) is 30.5 Å². The minimum absolute atomic E-state index is 0. The van der Waals surface area contributed by atoms with Crippen LogP contribution < -0.4 is 5.73 Å². The fraction of sp³-hybridized carbons (Fsp3) is 0.429. The number of H-pyrrole nitrogens is 1. The molecule has 2 aromatic rings. The molecule has 0 aliphatic heterocycles. The third-order valence-electron chi connectivity index (χ3n) is 3.99. The number of rotatable bonds is 3. The number of benzene rings is 1. The first-order valence-electron chi connectivity index (χ1n) is 6.27. The largest absolute Gasteiger partial charge is 0.391 e. The lowest BCUT2D eigenvalue weighted by atomic mass is 9.77. The van der Waals surface area contributed by atoms with Crippen LogP contribution in [0.15, 0.2) is 30.5 Å². The van der Waals surface area contributed by atoms with Gasteiger partial charge < -0.3 is 15.8 Å². The highest BCUT2D eigenvalue weighted by atomic mass is 35.5. The van der Waals surface area contributed by atoms with Gasteiger partial charge in [0, 0.05) is 17.1 Å². The molecule has 1 heterocycles. The molecule has 4 N–H and O–H groups in total. The summed E-state index contributed by atoms with van der Waals surface area (Å²) in [6, 6.07) is 7.78. The standard InChI is InChI=1S/C14H18N2O.ClH/c15-13(14(17)9-3-1-4-9)11-5-2-6-12-10(11)7-8-16-12;/h2,5-9,13-14,16-17H,1,3-4,15H2;1H/t13-,14+;/m1./s1. The summed E-state index contributed by atoms with van der Waals surface area (Å²) in [4.78, 5) is 3.17. The monoisotopic (exact) mass is 266 g/mol. The van der Waals surface area contributed by atoms with Crippen molar-refractivity contribution in [3.8, 4) is 0 Å². The van der Waals surface area contributed by atoms with Gasteiger partial charge >= 0.3 is 0 Å². The molecule has 98 valence electrons. The van der Waals surface area contributed by atoms with Gasteiger partial charge in [-0.2, -0.15) is 0 Å². The minimum atomic E-state index is -0.413. The number of hydrogen-bond donors (Lipinski definition) is 3. The number of nitrogens with one attached hydrogen (secondary N) is 1. The topological polar surface area (TPSA) is 62.0 Å². The Kier molecular flexibility index (Phi) is 3.95. The third-order valence-corrected chi connectivity index (χ3v) is 3.99. The summed E-state index contributed by atoms with van der Waals surface area (Å²) in [5, 5.41) is 11.4. The van der Waals surface area contributed by atoms with Gasteiger partial charge in [-0.25, -0.2) is 0 Å². The zero-order valence-corrected chi connectivity index (χ0v) is 11.0. The normalized spacial score (nSPS) is 19.0. The number of aliphatic hydroxyl groups excluding tert-OH is 1. The lowest BCUT2D eigenvalue weighted by molar-refractivity contribution is 0.0417. The molecule has 0 saturated heterocycles.